The number of hydroxylamine groups is 3. The summed E-state index contributed by atoms with van der Waals surface area (Å²) in [6, 6.07) is 0. The maximum absolute atomic E-state index is 9.95. The molecule has 5 nitrogen and oxygen atoms in total. The molecule has 1 saturated heterocycles. The fourth-order valence-corrected chi connectivity index (χ4v) is 0.249. The van der Waals surface area contributed by atoms with Gasteiger partial charge in [-0.1, -0.05) is 0 Å². The van der Waals surface area contributed by atoms with E-state index in [-0.39, 0.29) is 6.23 Å². The van der Waals surface area contributed by atoms with Gasteiger partial charge in [-0.05, 0) is 0 Å². The van der Waals surface area contributed by atoms with Crippen molar-refractivity contribution in [2.75, 3.05) is 13.7 Å². The Bertz CT molecular complexity index is 70.9. The second-order valence-corrected chi connectivity index (χ2v) is 1.47. The molecule has 1 rings (SSSR count). The van der Waals surface area contributed by atoms with Gasteiger partial charge in [0.2, 0.25) is 0 Å². The second kappa shape index (κ2) is 2.38. The molecule has 1 heterocycles. The van der Waals surface area contributed by atoms with Gasteiger partial charge in [0.25, 0.3) is 0 Å². The summed E-state index contributed by atoms with van der Waals surface area (Å²) < 4.78 is 4.66. The Hall–Kier alpha value is -0.200. The molecule has 1 unspecified atom stereocenters. The lowest BCUT2D eigenvalue weighted by Gasteiger charge is -2.19. The van der Waals surface area contributed by atoms with Crippen LogP contribution in [-0.4, -0.2) is 25.1 Å². The summed E-state index contributed by atoms with van der Waals surface area (Å²) in [4.78, 5) is 4.27. The van der Waals surface area contributed by atoms with Gasteiger partial charge in [-0.15, -0.1) is 0 Å². The van der Waals surface area contributed by atoms with E-state index in [1.54, 1.807) is 0 Å². The van der Waals surface area contributed by atoms with Crippen LogP contribution in [0.3, 0.4) is 0 Å². The van der Waals surface area contributed by atoms with Gasteiger partial charge in [0, 0.05) is 7.05 Å². The highest BCUT2D eigenvalue weighted by molar-refractivity contribution is 4.58. The highest BCUT2D eigenvalue weighted by Crippen LogP contribution is 2.03. The van der Waals surface area contributed by atoms with Gasteiger partial charge in [0.1, 0.15) is 0 Å². The Morgan fingerprint density at radius 1 is 2.00 bits per heavy atom. The Morgan fingerprint density at radius 2 is 2.62 bits per heavy atom. The summed E-state index contributed by atoms with van der Waals surface area (Å²) in [7, 11) is 1.25. The normalized spacial score (nSPS) is 26.6. The van der Waals surface area contributed by atoms with E-state index in [9.17, 15) is 5.21 Å². The topological polar surface area (TPSA) is 60.1 Å². The molecule has 0 saturated carbocycles. The van der Waals surface area contributed by atoms with Gasteiger partial charge in [-0.2, -0.15) is 5.48 Å². The summed E-state index contributed by atoms with van der Waals surface area (Å²) in [6.45, 7) is 0.619. The first-order valence-corrected chi connectivity index (χ1v) is 2.24. The van der Waals surface area contributed by atoms with Gasteiger partial charge >= 0.3 is 0 Å². The van der Waals surface area contributed by atoms with Crippen molar-refractivity contribution in [2.24, 2.45) is 0 Å². The lowest BCUT2D eigenvalue weighted by molar-refractivity contribution is -0.171. The van der Waals surface area contributed by atoms with Crippen molar-refractivity contribution in [1.82, 2.24) is 10.7 Å². The van der Waals surface area contributed by atoms with Gasteiger partial charge in [0.05, 0.1) is 6.61 Å². The van der Waals surface area contributed by atoms with E-state index in [0.29, 0.717) is 11.8 Å². The number of rotatable bonds is 3. The summed E-state index contributed by atoms with van der Waals surface area (Å²) in [6.07, 6.45) is -0.0774. The van der Waals surface area contributed by atoms with Crippen LogP contribution < -0.4 is 5.48 Å². The largest absolute Gasteiger partial charge is 0.761 e. The lowest BCUT2D eigenvalue weighted by Crippen LogP contribution is -2.25. The standard InChI is InChI=1S/C3H7N2O3/c1-5(6)8-4-3-2-7-3/h3-4H,2H2,1H3/q-1. The minimum absolute atomic E-state index is 0.0774. The number of epoxide rings is 1. The molecule has 1 atom stereocenters. The third-order valence-electron chi connectivity index (χ3n) is 0.646. The van der Waals surface area contributed by atoms with Gasteiger partial charge in [-0.25, -0.2) is 10.2 Å². The molecule has 0 amide bonds. The molecule has 8 heavy (non-hydrogen) atoms. The van der Waals surface area contributed by atoms with Gasteiger partial charge in [0.15, 0.2) is 6.23 Å². The molecule has 48 valence electrons. The lowest BCUT2D eigenvalue weighted by atomic mass is 10.8. The Morgan fingerprint density at radius 3 is 3.00 bits per heavy atom. The minimum atomic E-state index is -0.0774. The molecule has 0 aromatic carbocycles. The quantitative estimate of drug-likeness (QED) is 0.389. The molecule has 0 spiro atoms. The van der Waals surface area contributed by atoms with Crippen molar-refractivity contribution in [3.63, 3.8) is 0 Å². The predicted molar refractivity (Wildman–Crippen MR) is 25.1 cm³/mol. The zero-order valence-electron chi connectivity index (χ0n) is 4.46. The monoisotopic (exact) mass is 119 g/mol. The Kier molecular flexibility index (Phi) is 1.77. The average Bonchev–Trinajstić information content (AvgIpc) is 2.41. The highest BCUT2D eigenvalue weighted by atomic mass is 17.0. The molecule has 1 fully saturated rings. The summed E-state index contributed by atoms with van der Waals surface area (Å²) in [5.41, 5.74) is 2.35. The molecule has 0 aromatic rings. The van der Waals surface area contributed by atoms with Crippen LogP contribution >= 0.6 is 0 Å². The van der Waals surface area contributed by atoms with Gasteiger partial charge < -0.3 is 9.94 Å². The van der Waals surface area contributed by atoms with Crippen LogP contribution in [0.1, 0.15) is 0 Å². The van der Waals surface area contributed by atoms with Crippen molar-refractivity contribution in [3.05, 3.63) is 5.21 Å². The highest BCUT2D eigenvalue weighted by Gasteiger charge is 2.21. The van der Waals surface area contributed by atoms with Crippen LogP contribution in [0.4, 0.5) is 0 Å². The SMILES string of the molecule is CN([O-])ONC1CO1. The first-order chi connectivity index (χ1) is 3.79. The maximum Gasteiger partial charge on any atom is 0.155 e. The third-order valence-corrected chi connectivity index (χ3v) is 0.646. The molecule has 5 heteroatoms. The number of ether oxygens (including phenoxy) is 1. The van der Waals surface area contributed by atoms with E-state index < -0.39 is 0 Å². The fourth-order valence-electron chi connectivity index (χ4n) is 0.249. The zero-order chi connectivity index (χ0) is 5.98. The Labute approximate surface area is 46.7 Å². The smallest absolute Gasteiger partial charge is 0.155 e. The van der Waals surface area contributed by atoms with E-state index >= 15 is 0 Å². The first-order valence-electron chi connectivity index (χ1n) is 2.24. The summed E-state index contributed by atoms with van der Waals surface area (Å²) in [5.74, 6) is 0. The van der Waals surface area contributed by atoms with Gasteiger partial charge in [-0.3, -0.25) is 0 Å². The molecule has 0 radical (unpaired) electrons. The van der Waals surface area contributed by atoms with Crippen LogP contribution in [0.2, 0.25) is 0 Å². The maximum atomic E-state index is 9.95. The van der Waals surface area contributed by atoms with Crippen molar-refractivity contribution in [2.45, 2.75) is 6.23 Å². The van der Waals surface area contributed by atoms with E-state index in [4.69, 9.17) is 0 Å². The van der Waals surface area contributed by atoms with Crippen molar-refractivity contribution in [3.8, 4) is 0 Å². The van der Waals surface area contributed by atoms with Crippen molar-refractivity contribution >= 4 is 0 Å². The van der Waals surface area contributed by atoms with E-state index in [2.05, 4.69) is 15.2 Å². The molecule has 0 aliphatic carbocycles. The third kappa shape index (κ3) is 2.20. The second-order valence-electron chi connectivity index (χ2n) is 1.47. The number of nitrogens with one attached hydrogen (secondary N) is 1. The van der Waals surface area contributed by atoms with E-state index in [1.807, 2.05) is 0 Å². The van der Waals surface area contributed by atoms with Crippen LogP contribution in [-0.2, 0) is 9.68 Å². The average molecular weight is 119 g/mol. The molecule has 0 aromatic heterocycles. The number of hydrogen-bond acceptors (Lipinski definition) is 5. The van der Waals surface area contributed by atoms with Crippen LogP contribution in [0, 0.1) is 5.21 Å². The Balaban J connectivity index is 1.87. The molecule has 0 bridgehead atoms. The fraction of sp³-hybridized carbons (Fsp3) is 1.00. The van der Waals surface area contributed by atoms with E-state index in [1.165, 1.54) is 7.05 Å². The number of hydrogen-bond donors (Lipinski definition) is 1. The van der Waals surface area contributed by atoms with Crippen LogP contribution in [0.5, 0.6) is 0 Å². The molecular formula is C3H7N2O3-. The molecule has 1 aliphatic rings. The molecule has 1 N–H and O–H groups in total. The summed E-state index contributed by atoms with van der Waals surface area (Å²) >= 11 is 0. The summed E-state index contributed by atoms with van der Waals surface area (Å²) in [5, 5.41) is 10.3. The molecule has 1 aliphatic heterocycles. The van der Waals surface area contributed by atoms with Crippen LogP contribution in [0.25, 0.3) is 0 Å². The van der Waals surface area contributed by atoms with Crippen molar-refractivity contribution in [1.29, 1.82) is 0 Å². The minimum Gasteiger partial charge on any atom is -0.761 e. The van der Waals surface area contributed by atoms with E-state index in [0.717, 1.165) is 0 Å². The predicted octanol–water partition coefficient (Wildman–Crippen LogP) is -0.792. The molecular weight excluding hydrogens is 112 g/mol. The van der Waals surface area contributed by atoms with Crippen molar-refractivity contribution < 1.29 is 9.68 Å². The zero-order valence-corrected chi connectivity index (χ0v) is 4.46. The van der Waals surface area contributed by atoms with Crippen LogP contribution in [0.15, 0.2) is 0 Å². The number of nitrogens with zero attached hydrogens (tertiary/aromatic N) is 1. The first kappa shape index (κ1) is 5.93.